The van der Waals surface area contributed by atoms with Gasteiger partial charge in [0.15, 0.2) is 5.16 Å². The van der Waals surface area contributed by atoms with Crippen LogP contribution in [0.15, 0.2) is 118 Å². The Morgan fingerprint density at radius 1 is 0.881 bits per heavy atom. The number of carbonyl (C=O) groups is 1. The van der Waals surface area contributed by atoms with E-state index in [1.165, 1.54) is 16.3 Å². The van der Waals surface area contributed by atoms with Crippen molar-refractivity contribution in [3.8, 4) is 17.2 Å². The highest BCUT2D eigenvalue weighted by atomic mass is 32.2. The van der Waals surface area contributed by atoms with Gasteiger partial charge in [0, 0.05) is 12.5 Å². The van der Waals surface area contributed by atoms with Crippen LogP contribution in [0.2, 0.25) is 0 Å². The van der Waals surface area contributed by atoms with Crippen molar-refractivity contribution in [2.75, 3.05) is 20.0 Å². The number of methoxy groups -OCH3 is 2. The Morgan fingerprint density at radius 3 is 2.38 bits per heavy atom. The average Bonchev–Trinajstić information content (AvgIpc) is 3.50. The second-order valence-corrected chi connectivity index (χ2v) is 10.6. The first-order valence-electron chi connectivity index (χ1n) is 13.4. The molecule has 0 saturated carbocycles. The molecule has 0 spiro atoms. The van der Waals surface area contributed by atoms with Gasteiger partial charge in [-0.2, -0.15) is 5.10 Å². The molecule has 5 aromatic rings. The molecule has 8 nitrogen and oxygen atoms in total. The molecule has 1 amide bonds. The molecule has 0 unspecified atom stereocenters. The highest BCUT2D eigenvalue weighted by Crippen LogP contribution is 2.34. The number of carbonyl (C=O) groups excluding carboxylic acids is 1. The van der Waals surface area contributed by atoms with E-state index in [-0.39, 0.29) is 23.3 Å². The van der Waals surface area contributed by atoms with Crippen LogP contribution >= 0.6 is 11.8 Å². The Balaban J connectivity index is 1.35. The molecule has 0 N–H and O–H groups in total. The number of thioether (sulfide) groups is 1. The molecule has 1 aliphatic rings. The van der Waals surface area contributed by atoms with E-state index < -0.39 is 0 Å². The SMILES string of the molecule is COc1ccc([C@@H]2CC(c3ccccc3)=NN2C(=O)CSc2nc3ccccc3c(=O)n2-c2cccc(OC)c2)cc1. The van der Waals surface area contributed by atoms with Crippen molar-refractivity contribution in [2.24, 2.45) is 5.10 Å². The van der Waals surface area contributed by atoms with Crippen LogP contribution in [-0.2, 0) is 4.79 Å². The van der Waals surface area contributed by atoms with Gasteiger partial charge < -0.3 is 9.47 Å². The number of aromatic nitrogens is 2. The molecule has 210 valence electrons. The lowest BCUT2D eigenvalue weighted by atomic mass is 9.98. The van der Waals surface area contributed by atoms with Crippen molar-refractivity contribution >= 4 is 34.3 Å². The fourth-order valence-corrected chi connectivity index (χ4v) is 5.88. The van der Waals surface area contributed by atoms with E-state index >= 15 is 0 Å². The number of rotatable bonds is 8. The number of hydrogen-bond donors (Lipinski definition) is 0. The number of ether oxygens (including phenoxy) is 2. The monoisotopic (exact) mass is 576 g/mol. The lowest BCUT2D eigenvalue weighted by molar-refractivity contribution is -0.130. The zero-order chi connectivity index (χ0) is 29.1. The number of hydrogen-bond acceptors (Lipinski definition) is 7. The van der Waals surface area contributed by atoms with Crippen molar-refractivity contribution in [3.63, 3.8) is 0 Å². The molecule has 6 rings (SSSR count). The summed E-state index contributed by atoms with van der Waals surface area (Å²) in [6, 6.07) is 31.7. The number of amides is 1. The lowest BCUT2D eigenvalue weighted by Gasteiger charge is -2.22. The molecule has 9 heteroatoms. The van der Waals surface area contributed by atoms with Crippen LogP contribution in [0.25, 0.3) is 16.6 Å². The number of para-hydroxylation sites is 1. The highest BCUT2D eigenvalue weighted by Gasteiger charge is 2.33. The molecule has 0 bridgehead atoms. The fourth-order valence-electron chi connectivity index (χ4n) is 5.01. The largest absolute Gasteiger partial charge is 0.497 e. The van der Waals surface area contributed by atoms with Crippen LogP contribution in [0, 0.1) is 0 Å². The van der Waals surface area contributed by atoms with E-state index in [0.717, 1.165) is 22.6 Å². The quantitative estimate of drug-likeness (QED) is 0.170. The summed E-state index contributed by atoms with van der Waals surface area (Å²) in [6.45, 7) is 0. The van der Waals surface area contributed by atoms with E-state index in [1.807, 2.05) is 84.9 Å². The van der Waals surface area contributed by atoms with Gasteiger partial charge in [0.1, 0.15) is 11.5 Å². The molecule has 4 aromatic carbocycles. The van der Waals surface area contributed by atoms with Crippen LogP contribution in [-0.4, -0.2) is 46.2 Å². The van der Waals surface area contributed by atoms with Gasteiger partial charge in [0.2, 0.25) is 0 Å². The minimum Gasteiger partial charge on any atom is -0.497 e. The van der Waals surface area contributed by atoms with Crippen LogP contribution in [0.3, 0.4) is 0 Å². The van der Waals surface area contributed by atoms with Gasteiger partial charge in [-0.05, 0) is 47.5 Å². The lowest BCUT2D eigenvalue weighted by Crippen LogP contribution is -2.29. The van der Waals surface area contributed by atoms with E-state index in [2.05, 4.69) is 0 Å². The van der Waals surface area contributed by atoms with Crippen LogP contribution < -0.4 is 15.0 Å². The zero-order valence-corrected chi connectivity index (χ0v) is 24.0. The molecular formula is C33H28N4O4S. The van der Waals surface area contributed by atoms with E-state index in [9.17, 15) is 9.59 Å². The summed E-state index contributed by atoms with van der Waals surface area (Å²) >= 11 is 1.21. The van der Waals surface area contributed by atoms with Gasteiger partial charge in [0.05, 0.1) is 48.3 Å². The first-order valence-corrected chi connectivity index (χ1v) is 14.4. The molecule has 1 atom stereocenters. The van der Waals surface area contributed by atoms with Crippen LogP contribution in [0.5, 0.6) is 11.5 Å². The summed E-state index contributed by atoms with van der Waals surface area (Å²) in [5.74, 6) is 1.20. The smallest absolute Gasteiger partial charge is 0.266 e. The minimum atomic E-state index is -0.274. The van der Waals surface area contributed by atoms with E-state index in [1.54, 1.807) is 37.4 Å². The van der Waals surface area contributed by atoms with Gasteiger partial charge in [-0.25, -0.2) is 9.99 Å². The van der Waals surface area contributed by atoms with E-state index in [4.69, 9.17) is 19.6 Å². The molecule has 0 aliphatic carbocycles. The topological polar surface area (TPSA) is 86.0 Å². The summed E-state index contributed by atoms with van der Waals surface area (Å²) in [5, 5.41) is 7.26. The molecule has 42 heavy (non-hydrogen) atoms. The molecule has 2 heterocycles. The summed E-state index contributed by atoms with van der Waals surface area (Å²) in [5.41, 5.74) is 3.73. The molecular weight excluding hydrogens is 548 g/mol. The number of hydrazone groups is 1. The van der Waals surface area contributed by atoms with Gasteiger partial charge >= 0.3 is 0 Å². The normalized spacial score (nSPS) is 14.6. The first kappa shape index (κ1) is 27.3. The summed E-state index contributed by atoms with van der Waals surface area (Å²) in [6.07, 6.45) is 0.579. The zero-order valence-electron chi connectivity index (χ0n) is 23.1. The van der Waals surface area contributed by atoms with Crippen molar-refractivity contribution < 1.29 is 14.3 Å². The van der Waals surface area contributed by atoms with Gasteiger partial charge in [-0.3, -0.25) is 14.2 Å². The maximum Gasteiger partial charge on any atom is 0.266 e. The van der Waals surface area contributed by atoms with Crippen molar-refractivity contribution in [2.45, 2.75) is 17.6 Å². The molecule has 1 aromatic heterocycles. The fraction of sp³-hybridized carbons (Fsp3) is 0.152. The maximum absolute atomic E-state index is 13.8. The Kier molecular flexibility index (Phi) is 7.74. The van der Waals surface area contributed by atoms with Gasteiger partial charge in [-0.15, -0.1) is 0 Å². The maximum atomic E-state index is 13.8. The Labute approximate surface area is 247 Å². The molecule has 1 aliphatic heterocycles. The Bertz CT molecular complexity index is 1840. The predicted molar refractivity (Wildman–Crippen MR) is 165 cm³/mol. The van der Waals surface area contributed by atoms with Crippen LogP contribution in [0.1, 0.15) is 23.6 Å². The molecule has 0 fully saturated rings. The Hall–Kier alpha value is -4.89. The summed E-state index contributed by atoms with van der Waals surface area (Å²) in [4.78, 5) is 32.3. The highest BCUT2D eigenvalue weighted by molar-refractivity contribution is 7.99. The van der Waals surface area contributed by atoms with Gasteiger partial charge in [-0.1, -0.05) is 72.4 Å². The molecule has 0 radical (unpaired) electrons. The second kappa shape index (κ2) is 11.9. The standard InChI is InChI=1S/C33H28N4O4S/c1-40-25-17-15-23(16-18-25)30-20-29(22-9-4-3-5-10-22)35-37(30)31(38)21-42-33-34-28-14-7-6-13-27(28)32(39)36(33)24-11-8-12-26(19-24)41-2/h3-19,30H,20-21H2,1-2H3/t30-/m0/s1. The third-order valence-corrected chi connectivity index (χ3v) is 8.08. The average molecular weight is 577 g/mol. The van der Waals surface area contributed by atoms with E-state index in [0.29, 0.717) is 33.9 Å². The van der Waals surface area contributed by atoms with Crippen molar-refractivity contribution in [1.82, 2.24) is 14.6 Å². The predicted octanol–water partition coefficient (Wildman–Crippen LogP) is 5.87. The molecule has 0 saturated heterocycles. The number of fused-ring (bicyclic) bond motifs is 1. The third-order valence-electron chi connectivity index (χ3n) is 7.15. The number of nitrogens with zero attached hydrogens (tertiary/aromatic N) is 4. The first-order chi connectivity index (χ1) is 20.6. The van der Waals surface area contributed by atoms with Crippen LogP contribution in [0.4, 0.5) is 0 Å². The van der Waals surface area contributed by atoms with Gasteiger partial charge in [0.25, 0.3) is 11.5 Å². The van der Waals surface area contributed by atoms with Crippen molar-refractivity contribution in [3.05, 3.63) is 125 Å². The second-order valence-electron chi connectivity index (χ2n) is 9.69. The summed E-state index contributed by atoms with van der Waals surface area (Å²) < 4.78 is 12.3. The Morgan fingerprint density at radius 2 is 1.62 bits per heavy atom. The summed E-state index contributed by atoms with van der Waals surface area (Å²) in [7, 11) is 3.20. The third kappa shape index (κ3) is 5.38. The van der Waals surface area contributed by atoms with Crippen molar-refractivity contribution in [1.29, 1.82) is 0 Å². The number of benzene rings is 4. The minimum absolute atomic E-state index is 0.0347.